The van der Waals surface area contributed by atoms with Gasteiger partial charge in [-0.15, -0.1) is 0 Å². The third-order valence-electron chi connectivity index (χ3n) is 3.64. The fraction of sp³-hybridized carbons (Fsp3) is 0.312. The Hall–Kier alpha value is -1.83. The number of hydrogen-bond acceptors (Lipinski definition) is 4. The normalized spacial score (nSPS) is 11.9. The molecule has 0 fully saturated rings. The van der Waals surface area contributed by atoms with E-state index < -0.39 is 5.97 Å². The molecule has 1 amide bonds. The molecule has 0 aliphatic carbocycles. The highest BCUT2D eigenvalue weighted by Crippen LogP contribution is 2.32. The summed E-state index contributed by atoms with van der Waals surface area (Å²) < 4.78 is 6.76. The van der Waals surface area contributed by atoms with Crippen molar-refractivity contribution >= 4 is 53.1 Å². The Bertz CT molecular complexity index is 876. The van der Waals surface area contributed by atoms with Crippen LogP contribution in [0, 0.1) is 4.77 Å². The van der Waals surface area contributed by atoms with Crippen LogP contribution in [0.5, 0.6) is 0 Å². The zero-order valence-corrected chi connectivity index (χ0v) is 16.2. The second-order valence-electron chi connectivity index (χ2n) is 5.29. The van der Waals surface area contributed by atoms with Crippen molar-refractivity contribution in [3.05, 3.63) is 44.3 Å². The highest BCUT2D eigenvalue weighted by Gasteiger charge is 2.26. The van der Waals surface area contributed by atoms with E-state index >= 15 is 0 Å². The molecule has 134 valence electrons. The van der Waals surface area contributed by atoms with Crippen molar-refractivity contribution in [3.8, 4) is 0 Å². The van der Waals surface area contributed by atoms with Gasteiger partial charge in [0.2, 0.25) is 5.91 Å². The van der Waals surface area contributed by atoms with Gasteiger partial charge in [-0.1, -0.05) is 36.2 Å². The van der Waals surface area contributed by atoms with Gasteiger partial charge in [0.15, 0.2) is 10.5 Å². The van der Waals surface area contributed by atoms with Crippen molar-refractivity contribution in [2.24, 2.45) is 0 Å². The summed E-state index contributed by atoms with van der Waals surface area (Å²) in [6.07, 6.45) is 0.619. The summed E-state index contributed by atoms with van der Waals surface area (Å²) in [5, 5.41) is 3.41. The molecule has 2 rings (SSSR count). The van der Waals surface area contributed by atoms with Gasteiger partial charge >= 0.3 is 5.97 Å². The van der Waals surface area contributed by atoms with Crippen molar-refractivity contribution in [3.63, 3.8) is 0 Å². The van der Waals surface area contributed by atoms with Crippen molar-refractivity contribution in [2.45, 2.75) is 26.3 Å². The molecule has 2 N–H and O–H groups in total. The van der Waals surface area contributed by atoms with Crippen LogP contribution >= 0.6 is 35.4 Å². The number of methoxy groups -OCH3 is 1. The van der Waals surface area contributed by atoms with Crippen LogP contribution in [0.3, 0.4) is 0 Å². The van der Waals surface area contributed by atoms with E-state index in [9.17, 15) is 9.59 Å². The first kappa shape index (κ1) is 19.5. The first-order chi connectivity index (χ1) is 11.8. The second kappa shape index (κ2) is 8.03. The first-order valence-electron chi connectivity index (χ1n) is 7.45. The molecular formula is C16H17Cl2N3O3S. The monoisotopic (exact) mass is 401 g/mol. The first-order valence-corrected chi connectivity index (χ1v) is 8.61. The van der Waals surface area contributed by atoms with E-state index in [-0.39, 0.29) is 28.2 Å². The van der Waals surface area contributed by atoms with E-state index in [2.05, 4.69) is 10.3 Å². The van der Waals surface area contributed by atoms with Crippen LogP contribution in [-0.2, 0) is 9.53 Å². The molecule has 2 aromatic rings. The average molecular weight is 402 g/mol. The minimum Gasteiger partial charge on any atom is -0.464 e. The Morgan fingerprint density at radius 2 is 2.04 bits per heavy atom. The van der Waals surface area contributed by atoms with Crippen LogP contribution in [0.15, 0.2) is 18.2 Å². The predicted molar refractivity (Wildman–Crippen MR) is 100 cm³/mol. The molecule has 0 aliphatic rings. The van der Waals surface area contributed by atoms with Crippen molar-refractivity contribution in [2.75, 3.05) is 12.4 Å². The summed E-state index contributed by atoms with van der Waals surface area (Å²) >= 11 is 17.5. The lowest BCUT2D eigenvalue weighted by Gasteiger charge is -2.20. The quantitative estimate of drug-likeness (QED) is 0.566. The van der Waals surface area contributed by atoms with E-state index in [0.717, 1.165) is 5.56 Å². The van der Waals surface area contributed by atoms with E-state index in [4.69, 9.17) is 40.2 Å². The number of imidazole rings is 1. The maximum atomic E-state index is 12.3. The van der Waals surface area contributed by atoms with Crippen LogP contribution in [0.25, 0.3) is 0 Å². The lowest BCUT2D eigenvalue weighted by atomic mass is 10.0. The number of benzene rings is 1. The minimum absolute atomic E-state index is 0.139. The number of amides is 1. The maximum absolute atomic E-state index is 12.3. The summed E-state index contributed by atoms with van der Waals surface area (Å²) in [7, 11) is 1.26. The van der Waals surface area contributed by atoms with Gasteiger partial charge in [-0.3, -0.25) is 4.79 Å². The van der Waals surface area contributed by atoms with Gasteiger partial charge < -0.3 is 19.6 Å². The van der Waals surface area contributed by atoms with Gasteiger partial charge in [-0.2, -0.15) is 0 Å². The number of nitrogens with zero attached hydrogens (tertiary/aromatic N) is 1. The SMILES string of the molecule is CCC(c1ccc(Cl)c(Cl)c1)n1c(C(=O)OC)c(NC(C)=O)[nH]c1=S. The Balaban J connectivity index is 2.67. The van der Waals surface area contributed by atoms with Gasteiger partial charge in [-0.05, 0) is 36.3 Å². The molecule has 1 aromatic heterocycles. The number of esters is 1. The highest BCUT2D eigenvalue weighted by molar-refractivity contribution is 7.71. The molecule has 0 spiro atoms. The molecular weight excluding hydrogens is 385 g/mol. The lowest BCUT2D eigenvalue weighted by Crippen LogP contribution is -2.19. The maximum Gasteiger partial charge on any atom is 0.358 e. The van der Waals surface area contributed by atoms with Gasteiger partial charge in [0, 0.05) is 6.92 Å². The van der Waals surface area contributed by atoms with Crippen LogP contribution < -0.4 is 5.32 Å². The van der Waals surface area contributed by atoms with Gasteiger partial charge in [-0.25, -0.2) is 4.79 Å². The van der Waals surface area contributed by atoms with E-state index in [0.29, 0.717) is 16.5 Å². The molecule has 9 heteroatoms. The number of ether oxygens (including phenoxy) is 1. The number of H-pyrrole nitrogens is 1. The predicted octanol–water partition coefficient (Wildman–Crippen LogP) is 4.60. The zero-order valence-electron chi connectivity index (χ0n) is 13.9. The minimum atomic E-state index is -0.616. The van der Waals surface area contributed by atoms with Crippen molar-refractivity contribution in [1.29, 1.82) is 0 Å². The molecule has 0 aliphatic heterocycles. The molecule has 1 heterocycles. The van der Waals surface area contributed by atoms with Crippen LogP contribution in [0.2, 0.25) is 10.0 Å². The molecule has 0 radical (unpaired) electrons. The topological polar surface area (TPSA) is 76.1 Å². The van der Waals surface area contributed by atoms with E-state index in [1.165, 1.54) is 14.0 Å². The number of rotatable bonds is 5. The lowest BCUT2D eigenvalue weighted by molar-refractivity contribution is -0.114. The van der Waals surface area contributed by atoms with E-state index in [1.54, 1.807) is 16.7 Å². The summed E-state index contributed by atoms with van der Waals surface area (Å²) in [5.74, 6) is -0.756. The average Bonchev–Trinajstić information content (AvgIpc) is 2.86. The molecule has 0 saturated carbocycles. The van der Waals surface area contributed by atoms with Gasteiger partial charge in [0.05, 0.1) is 23.2 Å². The third kappa shape index (κ3) is 4.05. The number of anilines is 1. The van der Waals surface area contributed by atoms with Crippen molar-refractivity contribution in [1.82, 2.24) is 9.55 Å². The smallest absolute Gasteiger partial charge is 0.358 e. The molecule has 25 heavy (non-hydrogen) atoms. The Kier molecular flexibility index (Phi) is 6.26. The Labute approximate surface area is 160 Å². The zero-order chi connectivity index (χ0) is 18.7. The molecule has 6 nitrogen and oxygen atoms in total. The number of aromatic nitrogens is 2. The molecule has 0 bridgehead atoms. The summed E-state index contributed by atoms with van der Waals surface area (Å²) in [4.78, 5) is 26.6. The summed E-state index contributed by atoms with van der Waals surface area (Å²) in [6.45, 7) is 3.28. The number of halogens is 2. The summed E-state index contributed by atoms with van der Waals surface area (Å²) in [6, 6.07) is 4.93. The fourth-order valence-corrected chi connectivity index (χ4v) is 3.22. The van der Waals surface area contributed by atoms with Crippen molar-refractivity contribution < 1.29 is 14.3 Å². The number of carbonyl (C=O) groups is 2. The molecule has 1 unspecified atom stereocenters. The Morgan fingerprint density at radius 3 is 2.56 bits per heavy atom. The Morgan fingerprint density at radius 1 is 1.36 bits per heavy atom. The third-order valence-corrected chi connectivity index (χ3v) is 4.67. The van der Waals surface area contributed by atoms with Crippen LogP contribution in [-0.4, -0.2) is 28.5 Å². The number of nitrogens with one attached hydrogen (secondary N) is 2. The molecule has 1 aromatic carbocycles. The van der Waals surface area contributed by atoms with Crippen LogP contribution in [0.4, 0.5) is 5.82 Å². The molecule has 0 saturated heterocycles. The fourth-order valence-electron chi connectivity index (χ4n) is 2.60. The number of carbonyl (C=O) groups excluding carboxylic acids is 2. The summed E-state index contributed by atoms with van der Waals surface area (Å²) in [5.41, 5.74) is 0.965. The number of aromatic amines is 1. The second-order valence-corrected chi connectivity index (χ2v) is 6.50. The van der Waals surface area contributed by atoms with E-state index in [1.807, 2.05) is 13.0 Å². The largest absolute Gasteiger partial charge is 0.464 e. The van der Waals surface area contributed by atoms with Gasteiger partial charge in [0.1, 0.15) is 5.82 Å². The number of hydrogen-bond donors (Lipinski definition) is 2. The van der Waals surface area contributed by atoms with Gasteiger partial charge in [0.25, 0.3) is 0 Å². The highest BCUT2D eigenvalue weighted by atomic mass is 35.5. The standard InChI is InChI=1S/C16H17Cl2N3O3S/c1-4-12(9-5-6-10(17)11(18)7-9)21-13(15(23)24-3)14(19-8(2)22)20-16(21)25/h5-7,12H,4H2,1-3H3,(H,19,22)(H,20,25). The van der Waals surface area contributed by atoms with Crippen LogP contribution in [0.1, 0.15) is 42.4 Å². The molecule has 1 atom stereocenters.